The number of fused-ring (bicyclic) bond motifs is 2. The number of aromatic nitrogens is 1. The quantitative estimate of drug-likeness (QED) is 0.864. The zero-order valence-corrected chi connectivity index (χ0v) is 13.2. The van der Waals surface area contributed by atoms with Crippen molar-refractivity contribution < 1.29 is 4.79 Å². The lowest BCUT2D eigenvalue weighted by molar-refractivity contribution is -0.125. The van der Waals surface area contributed by atoms with Gasteiger partial charge in [0, 0.05) is 16.7 Å². The second-order valence-electron chi connectivity index (χ2n) is 6.32. The largest absolute Gasteiger partial charge is 0.351 e. The van der Waals surface area contributed by atoms with Gasteiger partial charge in [-0.2, -0.15) is 0 Å². The van der Waals surface area contributed by atoms with Crippen LogP contribution in [0, 0.1) is 24.7 Å². The van der Waals surface area contributed by atoms with Gasteiger partial charge in [-0.05, 0) is 31.6 Å². The monoisotopic (exact) mass is 290 g/mol. The highest BCUT2D eigenvalue weighted by molar-refractivity contribution is 7.11. The summed E-state index contributed by atoms with van der Waals surface area (Å²) in [6.45, 7) is 6.97. The van der Waals surface area contributed by atoms with Crippen LogP contribution in [0.4, 0.5) is 0 Å². The van der Waals surface area contributed by atoms with Gasteiger partial charge in [-0.15, -0.1) is 11.3 Å². The molecule has 1 amide bonds. The average Bonchev–Trinajstić information content (AvgIpc) is 3.10. The minimum atomic E-state index is 0.197. The van der Waals surface area contributed by atoms with Gasteiger partial charge >= 0.3 is 0 Å². The molecule has 1 heterocycles. The topological polar surface area (TPSA) is 42.0 Å². The Balaban J connectivity index is 1.59. The molecule has 3 atom stereocenters. The molecule has 0 saturated heterocycles. The molecule has 0 unspecified atom stereocenters. The second kappa shape index (κ2) is 5.32. The minimum absolute atomic E-state index is 0.197. The number of amides is 1. The van der Waals surface area contributed by atoms with Gasteiger partial charge in [0.25, 0.3) is 0 Å². The molecule has 3 nitrogen and oxygen atoms in total. The summed E-state index contributed by atoms with van der Waals surface area (Å²) < 4.78 is 0. The van der Waals surface area contributed by atoms with E-state index in [9.17, 15) is 4.79 Å². The fourth-order valence-corrected chi connectivity index (χ4v) is 4.25. The molecule has 1 aromatic heterocycles. The Morgan fingerprint density at radius 3 is 2.80 bits per heavy atom. The van der Waals surface area contributed by atoms with Crippen molar-refractivity contribution in [1.82, 2.24) is 10.3 Å². The van der Waals surface area contributed by atoms with E-state index < -0.39 is 0 Å². The highest BCUT2D eigenvalue weighted by Gasteiger charge is 2.39. The van der Waals surface area contributed by atoms with Crippen LogP contribution in [0.3, 0.4) is 0 Å². The standard InChI is InChI=1S/C16H22N2OS/c1-9(2)16-18-10(3)14(20-16)8-17-15(19)13-7-11-4-5-12(13)6-11/h4-5,9,11-13H,6-8H2,1-3H3,(H,17,19)/t11-,12+,13-/m0/s1. The van der Waals surface area contributed by atoms with Crippen molar-refractivity contribution in [2.75, 3.05) is 0 Å². The van der Waals surface area contributed by atoms with Crippen LogP contribution < -0.4 is 5.32 Å². The van der Waals surface area contributed by atoms with E-state index in [4.69, 9.17) is 0 Å². The Kier molecular flexibility index (Phi) is 3.67. The number of hydrogen-bond donors (Lipinski definition) is 1. The van der Waals surface area contributed by atoms with Gasteiger partial charge in [0.05, 0.1) is 17.2 Å². The van der Waals surface area contributed by atoms with Crippen LogP contribution in [0.2, 0.25) is 0 Å². The van der Waals surface area contributed by atoms with Crippen molar-refractivity contribution >= 4 is 17.2 Å². The molecule has 1 aromatic rings. The van der Waals surface area contributed by atoms with Gasteiger partial charge in [0.2, 0.25) is 5.91 Å². The molecule has 108 valence electrons. The van der Waals surface area contributed by atoms with Crippen LogP contribution in [0.15, 0.2) is 12.2 Å². The number of rotatable bonds is 4. The summed E-state index contributed by atoms with van der Waals surface area (Å²) in [6.07, 6.45) is 6.71. The van der Waals surface area contributed by atoms with E-state index in [-0.39, 0.29) is 11.8 Å². The van der Waals surface area contributed by atoms with Gasteiger partial charge in [-0.25, -0.2) is 4.98 Å². The second-order valence-corrected chi connectivity index (χ2v) is 7.44. The Labute approximate surface area is 124 Å². The van der Waals surface area contributed by atoms with Crippen LogP contribution >= 0.6 is 11.3 Å². The van der Waals surface area contributed by atoms with Crippen LogP contribution in [0.1, 0.15) is 48.2 Å². The first-order valence-corrected chi connectivity index (χ1v) is 8.28. The number of hydrogen-bond acceptors (Lipinski definition) is 3. The highest BCUT2D eigenvalue weighted by Crippen LogP contribution is 2.43. The van der Waals surface area contributed by atoms with Crippen LogP contribution in [0.25, 0.3) is 0 Å². The molecule has 1 fully saturated rings. The summed E-state index contributed by atoms with van der Waals surface area (Å²) in [6, 6.07) is 0. The first-order chi connectivity index (χ1) is 9.54. The number of thiazole rings is 1. The van der Waals surface area contributed by atoms with Crippen LogP contribution in [-0.4, -0.2) is 10.9 Å². The third kappa shape index (κ3) is 2.53. The molecule has 1 saturated carbocycles. The number of nitrogens with one attached hydrogen (secondary N) is 1. The summed E-state index contributed by atoms with van der Waals surface area (Å²) >= 11 is 1.73. The van der Waals surface area contributed by atoms with E-state index in [1.165, 1.54) is 11.3 Å². The minimum Gasteiger partial charge on any atom is -0.351 e. The number of nitrogens with zero attached hydrogens (tertiary/aromatic N) is 1. The van der Waals surface area contributed by atoms with E-state index in [2.05, 4.69) is 36.3 Å². The molecule has 3 rings (SSSR count). The number of aryl methyl sites for hydroxylation is 1. The van der Waals surface area contributed by atoms with Crippen molar-refractivity contribution in [3.05, 3.63) is 27.7 Å². The first-order valence-electron chi connectivity index (χ1n) is 7.47. The van der Waals surface area contributed by atoms with Gasteiger partial charge in [-0.3, -0.25) is 4.79 Å². The van der Waals surface area contributed by atoms with Gasteiger partial charge in [-0.1, -0.05) is 26.0 Å². The normalized spacial score (nSPS) is 27.5. The molecule has 0 spiro atoms. The lowest BCUT2D eigenvalue weighted by Gasteiger charge is -2.17. The smallest absolute Gasteiger partial charge is 0.224 e. The maximum absolute atomic E-state index is 12.3. The molecule has 0 radical (unpaired) electrons. The fourth-order valence-electron chi connectivity index (χ4n) is 3.24. The van der Waals surface area contributed by atoms with Gasteiger partial charge in [0.1, 0.15) is 0 Å². The van der Waals surface area contributed by atoms with Crippen molar-refractivity contribution in [2.45, 2.75) is 46.1 Å². The lowest BCUT2D eigenvalue weighted by Crippen LogP contribution is -2.32. The van der Waals surface area contributed by atoms with E-state index in [0.717, 1.165) is 17.1 Å². The molecular formula is C16H22N2OS. The molecule has 1 N–H and O–H groups in total. The van der Waals surface area contributed by atoms with E-state index >= 15 is 0 Å². The Bertz CT molecular complexity index is 547. The van der Waals surface area contributed by atoms with Gasteiger partial charge in [0.15, 0.2) is 0 Å². The molecule has 0 aliphatic heterocycles. The summed E-state index contributed by atoms with van der Waals surface area (Å²) in [5.74, 6) is 2.00. The van der Waals surface area contributed by atoms with Crippen molar-refractivity contribution in [1.29, 1.82) is 0 Å². The molecule has 20 heavy (non-hydrogen) atoms. The Hall–Kier alpha value is -1.16. The Morgan fingerprint density at radius 2 is 2.25 bits per heavy atom. The lowest BCUT2D eigenvalue weighted by atomic mass is 9.93. The van der Waals surface area contributed by atoms with Crippen molar-refractivity contribution in [3.8, 4) is 0 Å². The van der Waals surface area contributed by atoms with Gasteiger partial charge < -0.3 is 5.32 Å². The number of carbonyl (C=O) groups is 1. The molecule has 2 aliphatic carbocycles. The zero-order chi connectivity index (χ0) is 14.3. The van der Waals surface area contributed by atoms with E-state index in [1.807, 2.05) is 6.92 Å². The van der Waals surface area contributed by atoms with Crippen molar-refractivity contribution in [2.24, 2.45) is 17.8 Å². The molecule has 2 aliphatic rings. The fraction of sp³-hybridized carbons (Fsp3) is 0.625. The molecule has 0 aromatic carbocycles. The predicted molar refractivity (Wildman–Crippen MR) is 81.6 cm³/mol. The summed E-state index contributed by atoms with van der Waals surface area (Å²) in [7, 11) is 0. The predicted octanol–water partition coefficient (Wildman–Crippen LogP) is 3.40. The highest BCUT2D eigenvalue weighted by atomic mass is 32.1. The van der Waals surface area contributed by atoms with E-state index in [1.54, 1.807) is 11.3 Å². The zero-order valence-electron chi connectivity index (χ0n) is 12.3. The SMILES string of the molecule is Cc1nc(C(C)C)sc1CNC(=O)[C@H]1C[C@H]2C=C[C@@H]1C2. The summed E-state index contributed by atoms with van der Waals surface area (Å²) in [4.78, 5) is 18.1. The first kappa shape index (κ1) is 13.8. The maximum Gasteiger partial charge on any atom is 0.224 e. The van der Waals surface area contributed by atoms with Crippen LogP contribution in [0.5, 0.6) is 0 Å². The maximum atomic E-state index is 12.3. The summed E-state index contributed by atoms with van der Waals surface area (Å²) in [5, 5.41) is 4.28. The van der Waals surface area contributed by atoms with Crippen LogP contribution in [-0.2, 0) is 11.3 Å². The number of allylic oxidation sites excluding steroid dienone is 2. The molecule has 2 bridgehead atoms. The van der Waals surface area contributed by atoms with Crippen molar-refractivity contribution in [3.63, 3.8) is 0 Å². The third-order valence-corrected chi connectivity index (χ3v) is 5.90. The Morgan fingerprint density at radius 1 is 1.45 bits per heavy atom. The molecular weight excluding hydrogens is 268 g/mol. The van der Waals surface area contributed by atoms with E-state index in [0.29, 0.717) is 24.3 Å². The summed E-state index contributed by atoms with van der Waals surface area (Å²) in [5.41, 5.74) is 1.06. The average molecular weight is 290 g/mol. The molecule has 4 heteroatoms. The third-order valence-electron chi connectivity index (χ3n) is 4.44. The number of carbonyl (C=O) groups excluding carboxylic acids is 1.